The molecule has 0 bridgehead atoms. The van der Waals surface area contributed by atoms with Crippen molar-refractivity contribution >= 4 is 80.9 Å². The summed E-state index contributed by atoms with van der Waals surface area (Å²) in [7, 11) is -16.5. The van der Waals surface area contributed by atoms with Gasteiger partial charge in [-0.1, -0.05) is 62.0 Å². The van der Waals surface area contributed by atoms with Crippen LogP contribution in [0.4, 0.5) is 5.82 Å². The summed E-state index contributed by atoms with van der Waals surface area (Å²) in [5.74, 6) is 0.326. The van der Waals surface area contributed by atoms with Crippen LogP contribution in [0.2, 0.25) is 0 Å². The molecule has 0 aliphatic carbocycles. The summed E-state index contributed by atoms with van der Waals surface area (Å²) in [5, 5.41) is 26.6. The summed E-state index contributed by atoms with van der Waals surface area (Å²) in [6.07, 6.45) is -2.27. The minimum absolute atomic E-state index is 0.0175. The zero-order valence-electron chi connectivity index (χ0n) is 33.4. The van der Waals surface area contributed by atoms with Gasteiger partial charge < -0.3 is 50.9 Å². The minimum Gasteiger partial charge on any atom is -0.385 e. The summed E-state index contributed by atoms with van der Waals surface area (Å²) in [5.41, 5.74) is 3.49. The van der Waals surface area contributed by atoms with Crippen molar-refractivity contribution in [2.24, 2.45) is 5.41 Å². The first-order chi connectivity index (χ1) is 28.9. The first-order valence-electron chi connectivity index (χ1n) is 18.3. The van der Waals surface area contributed by atoms with E-state index in [4.69, 9.17) is 24.0 Å². The van der Waals surface area contributed by atoms with Crippen molar-refractivity contribution in [1.29, 1.82) is 0 Å². The van der Waals surface area contributed by atoms with Crippen LogP contribution >= 0.6 is 47.0 Å². The number of carbonyl (C=O) groups is 3. The number of aliphatic hydroxyl groups is 2. The number of imidazole rings is 1. The van der Waals surface area contributed by atoms with Crippen molar-refractivity contribution < 1.29 is 80.5 Å². The number of hydrogen-bond donors (Lipinski definition) is 9. The number of nitrogens with two attached hydrogens (primary N) is 1. The molecule has 4 rings (SSSR count). The molecule has 2 amide bonds. The highest BCUT2D eigenvalue weighted by molar-refractivity contribution is 8.14. The lowest BCUT2D eigenvalue weighted by atomic mass is 9.87. The van der Waals surface area contributed by atoms with Crippen LogP contribution in [0.5, 0.6) is 0 Å². The number of nitrogens with one attached hydrogen (secondary N) is 2. The second kappa shape index (κ2) is 22.2. The molecule has 2 aromatic heterocycles. The lowest BCUT2D eigenvalue weighted by molar-refractivity contribution is -0.137. The van der Waals surface area contributed by atoms with E-state index >= 15 is 0 Å². The minimum atomic E-state index is -5.60. The number of amides is 2. The van der Waals surface area contributed by atoms with Crippen LogP contribution < -0.4 is 16.4 Å². The molecule has 24 nitrogen and oxygen atoms in total. The maximum absolute atomic E-state index is 12.8. The van der Waals surface area contributed by atoms with Gasteiger partial charge in [-0.3, -0.25) is 32.5 Å². The van der Waals surface area contributed by atoms with Gasteiger partial charge in [-0.15, -0.1) is 0 Å². The van der Waals surface area contributed by atoms with E-state index in [9.17, 15) is 57.9 Å². The summed E-state index contributed by atoms with van der Waals surface area (Å²) in [6, 6.07) is 9.92. The number of carbonyl (C=O) groups excluding carboxylic acids is 3. The molecule has 62 heavy (non-hydrogen) atoms. The standard InChI is InChI=1S/C33H48N7O17P3S2/c1-32(2,28(44)31(45)36-12-11-23(41)35-13-15-62-24(42)10-7-14-61-17-21-8-5-4-6-9-21)18-54-60(51,52)57-59(49,50)53-16-22-26(56-58(46,47)48)27(43)33(3,55-22)40-20-39-25-29(34)37-19-38-30(25)40/h4-10,19-20,22,26-28,43-44H,11-18H2,1-3H3,(H,35,41)(H,36,45)(H,49,50)(H,51,52)(H2,34,37,38)(H2,46,47,48). The number of phosphoric ester groups is 3. The van der Waals surface area contributed by atoms with E-state index in [1.54, 1.807) is 17.8 Å². The van der Waals surface area contributed by atoms with E-state index in [2.05, 4.69) is 29.9 Å². The third-order valence-corrected chi connectivity index (χ3v) is 13.7. The average molecular weight is 972 g/mol. The molecule has 0 radical (unpaired) electrons. The highest BCUT2D eigenvalue weighted by Crippen LogP contribution is 2.61. The van der Waals surface area contributed by atoms with Crippen LogP contribution in [-0.4, -0.2) is 128 Å². The molecule has 344 valence electrons. The highest BCUT2D eigenvalue weighted by Gasteiger charge is 2.57. The largest absolute Gasteiger partial charge is 0.481 e. The lowest BCUT2D eigenvalue weighted by Crippen LogP contribution is -2.46. The van der Waals surface area contributed by atoms with Crippen LogP contribution in [0, 0.1) is 5.41 Å². The average Bonchev–Trinajstić information content (AvgIpc) is 3.74. The van der Waals surface area contributed by atoms with E-state index < -0.39 is 84.1 Å². The third kappa shape index (κ3) is 15.3. The van der Waals surface area contributed by atoms with E-state index in [1.807, 2.05) is 30.3 Å². The van der Waals surface area contributed by atoms with Crippen molar-refractivity contribution in [3.05, 3.63) is 60.7 Å². The Morgan fingerprint density at radius 2 is 1.74 bits per heavy atom. The van der Waals surface area contributed by atoms with Crippen LogP contribution in [0.15, 0.2) is 55.1 Å². The number of rotatable bonds is 24. The zero-order chi connectivity index (χ0) is 45.9. The van der Waals surface area contributed by atoms with Crippen molar-refractivity contribution in [1.82, 2.24) is 30.2 Å². The van der Waals surface area contributed by atoms with Crippen LogP contribution in [0.1, 0.15) is 32.8 Å². The van der Waals surface area contributed by atoms with Gasteiger partial charge in [-0.05, 0) is 18.6 Å². The smallest absolute Gasteiger partial charge is 0.385 e. The molecule has 1 saturated heterocycles. The molecule has 1 aliphatic heterocycles. The molecule has 1 aliphatic rings. The zero-order valence-corrected chi connectivity index (χ0v) is 37.7. The van der Waals surface area contributed by atoms with Crippen molar-refractivity contribution in [3.8, 4) is 0 Å². The quantitative estimate of drug-likeness (QED) is 0.0347. The maximum atomic E-state index is 12.8. The van der Waals surface area contributed by atoms with E-state index in [0.717, 1.165) is 34.7 Å². The Bertz CT molecular complexity index is 2200. The second-order valence-electron chi connectivity index (χ2n) is 14.2. The molecule has 0 spiro atoms. The lowest BCUT2D eigenvalue weighted by Gasteiger charge is -2.30. The molecular weight excluding hydrogens is 923 g/mol. The summed E-state index contributed by atoms with van der Waals surface area (Å²) < 4.78 is 62.8. The fourth-order valence-electron chi connectivity index (χ4n) is 5.61. The van der Waals surface area contributed by atoms with Gasteiger partial charge in [0.15, 0.2) is 17.2 Å². The van der Waals surface area contributed by atoms with E-state index in [-0.39, 0.29) is 41.6 Å². The number of benzene rings is 1. The Kier molecular flexibility index (Phi) is 18.4. The predicted molar refractivity (Wildman–Crippen MR) is 223 cm³/mol. The fraction of sp³-hybridized carbons (Fsp3) is 0.515. The molecule has 7 unspecified atom stereocenters. The van der Waals surface area contributed by atoms with Gasteiger partial charge in [0.05, 0.1) is 19.5 Å². The second-order valence-corrected chi connectivity index (χ2v) is 20.6. The van der Waals surface area contributed by atoms with Gasteiger partial charge in [-0.2, -0.15) is 16.1 Å². The molecule has 29 heteroatoms. The van der Waals surface area contributed by atoms with Crippen LogP contribution in [0.25, 0.3) is 11.2 Å². The molecule has 10 N–H and O–H groups in total. The van der Waals surface area contributed by atoms with E-state index in [0.29, 0.717) is 11.5 Å². The predicted octanol–water partition coefficient (Wildman–Crippen LogP) is 1.33. The molecule has 1 fully saturated rings. The fourth-order valence-corrected chi connectivity index (χ4v) is 9.80. The van der Waals surface area contributed by atoms with Crippen LogP contribution in [-0.2, 0) is 62.2 Å². The first-order valence-corrected chi connectivity index (χ1v) is 25.0. The Morgan fingerprint density at radius 3 is 2.44 bits per heavy atom. The molecule has 3 heterocycles. The summed E-state index contributed by atoms with van der Waals surface area (Å²) in [4.78, 5) is 88.3. The molecule has 1 aromatic carbocycles. The van der Waals surface area contributed by atoms with Crippen molar-refractivity contribution in [2.75, 3.05) is 43.5 Å². The van der Waals surface area contributed by atoms with Gasteiger partial charge in [0.25, 0.3) is 0 Å². The van der Waals surface area contributed by atoms with Gasteiger partial charge >= 0.3 is 23.5 Å². The first kappa shape index (κ1) is 51.5. The van der Waals surface area contributed by atoms with Gasteiger partial charge in [0.2, 0.25) is 16.9 Å². The molecule has 7 atom stereocenters. The SMILES string of the molecule is CC(C)(COP(=O)(O)OP(=O)(O)OCC1OC(C)(n2cnc3c(N)ncnc32)C(O)C1OP(=O)(O)O)C(O)C(=O)NCCC(=O)NCCSC(=O)C=CCSCc1ccccc1. The molecule has 0 saturated carbocycles. The Morgan fingerprint density at radius 1 is 1.05 bits per heavy atom. The highest BCUT2D eigenvalue weighted by atomic mass is 32.2. The third-order valence-electron chi connectivity index (χ3n) is 8.81. The summed E-state index contributed by atoms with van der Waals surface area (Å²) >= 11 is 2.69. The Hall–Kier alpha value is -3.13. The number of fused-ring (bicyclic) bond motifs is 1. The number of aliphatic hydroxyl groups excluding tert-OH is 2. The number of thioether (sulfide) groups is 2. The number of aromatic nitrogens is 4. The number of phosphoric acid groups is 3. The number of nitrogen functional groups attached to an aromatic ring is 1. The Labute approximate surface area is 363 Å². The van der Waals surface area contributed by atoms with Gasteiger partial charge in [-0.25, -0.2) is 28.6 Å². The topological polar surface area (TPSA) is 364 Å². The molecular formula is C33H48N7O17P3S2. The normalized spacial score (nSPS) is 22.0. The van der Waals surface area contributed by atoms with Crippen molar-refractivity contribution in [2.45, 2.75) is 63.1 Å². The number of nitrogens with zero attached hydrogens (tertiary/aromatic N) is 4. The van der Waals surface area contributed by atoms with E-state index in [1.165, 1.54) is 32.4 Å². The number of hydrogen-bond acceptors (Lipinski definition) is 19. The number of anilines is 1. The maximum Gasteiger partial charge on any atom is 0.481 e. The van der Waals surface area contributed by atoms with Crippen molar-refractivity contribution in [3.63, 3.8) is 0 Å². The Balaban J connectivity index is 1.19. The van der Waals surface area contributed by atoms with Gasteiger partial charge in [0.1, 0.15) is 36.3 Å². The van der Waals surface area contributed by atoms with Gasteiger partial charge in [0, 0.05) is 42.2 Å². The number of ether oxygens (including phenoxy) is 1. The molecule has 3 aromatic rings. The monoisotopic (exact) mass is 971 g/mol. The van der Waals surface area contributed by atoms with Crippen LogP contribution in [0.3, 0.4) is 0 Å². The summed E-state index contributed by atoms with van der Waals surface area (Å²) in [6.45, 7) is 1.68.